The number of nitrogens with zero attached hydrogens (tertiary/aromatic N) is 3. The van der Waals surface area contributed by atoms with Gasteiger partial charge < -0.3 is 4.40 Å². The van der Waals surface area contributed by atoms with Gasteiger partial charge in [-0.2, -0.15) is 0 Å². The Bertz CT molecular complexity index is 2920. The summed E-state index contributed by atoms with van der Waals surface area (Å²) in [4.78, 5) is 10.4. The molecule has 51 heavy (non-hydrogen) atoms. The summed E-state index contributed by atoms with van der Waals surface area (Å²) < 4.78 is 2.37. The number of pyridine rings is 2. The topological polar surface area (TPSA) is 30.2 Å². The smallest absolute Gasteiger partial charge is 0.0726 e. The Hall–Kier alpha value is -6.84. The SMILES string of the molecule is c1ccc(-c2ccc3ccccc3c2-c2cc3c4cccc5c6cc(-c7c(-c8ccccc8)ccc8ccccc78)ncc6n(c3cn2)c45)cc1. The molecule has 7 aromatic carbocycles. The molecule has 0 spiro atoms. The van der Waals surface area contributed by atoms with Crippen molar-refractivity contribution in [3.8, 4) is 44.8 Å². The van der Waals surface area contributed by atoms with E-state index in [2.05, 4.69) is 181 Å². The third-order valence-corrected chi connectivity index (χ3v) is 10.6. The van der Waals surface area contributed by atoms with Gasteiger partial charge in [0.25, 0.3) is 0 Å². The first-order valence-corrected chi connectivity index (χ1v) is 17.4. The number of hydrogen-bond acceptors (Lipinski definition) is 2. The fourth-order valence-electron chi connectivity index (χ4n) is 8.36. The molecule has 3 heteroatoms. The summed E-state index contributed by atoms with van der Waals surface area (Å²) in [6.07, 6.45) is 4.12. The van der Waals surface area contributed by atoms with E-state index in [0.717, 1.165) is 33.5 Å². The Labute approximate surface area is 294 Å². The van der Waals surface area contributed by atoms with E-state index in [-0.39, 0.29) is 0 Å². The molecule has 236 valence electrons. The molecule has 4 aromatic heterocycles. The predicted molar refractivity (Wildman–Crippen MR) is 213 cm³/mol. The highest BCUT2D eigenvalue weighted by Crippen LogP contribution is 2.44. The zero-order valence-corrected chi connectivity index (χ0v) is 27.6. The largest absolute Gasteiger partial charge is 0.305 e. The molecule has 4 heterocycles. The summed E-state index contributed by atoms with van der Waals surface area (Å²) in [6.45, 7) is 0. The van der Waals surface area contributed by atoms with Crippen molar-refractivity contribution in [1.82, 2.24) is 14.4 Å². The van der Waals surface area contributed by atoms with E-state index < -0.39 is 0 Å². The highest BCUT2D eigenvalue weighted by atomic mass is 14.9. The van der Waals surface area contributed by atoms with Crippen LogP contribution >= 0.6 is 0 Å². The van der Waals surface area contributed by atoms with E-state index in [4.69, 9.17) is 9.97 Å². The van der Waals surface area contributed by atoms with Crippen molar-refractivity contribution in [1.29, 1.82) is 0 Å². The van der Waals surface area contributed by atoms with E-state index >= 15 is 0 Å². The molecule has 0 N–H and O–H groups in total. The minimum atomic E-state index is 0.973. The first-order valence-electron chi connectivity index (χ1n) is 17.4. The summed E-state index contributed by atoms with van der Waals surface area (Å²) in [5.74, 6) is 0. The standard InChI is InChI=1S/C48H29N3/c1-3-12-30(13-4-1)36-24-22-32-16-7-9-18-34(32)46(36)42-26-40-38-20-11-21-39-41-27-43(50-29-45(41)51(48(38)39)44(40)28-49-42)47-35-19-10-8-17-33(35)23-25-37(47)31-14-5-2-6-15-31/h1-29H. The molecule has 0 radical (unpaired) electrons. The van der Waals surface area contributed by atoms with Gasteiger partial charge in [-0.3, -0.25) is 9.97 Å². The summed E-state index contributed by atoms with van der Waals surface area (Å²) in [5, 5.41) is 9.65. The Morgan fingerprint density at radius 2 is 0.784 bits per heavy atom. The predicted octanol–water partition coefficient (Wildman–Crippen LogP) is 12.6. The van der Waals surface area contributed by atoms with Gasteiger partial charge in [0.1, 0.15) is 0 Å². The van der Waals surface area contributed by atoms with Gasteiger partial charge in [-0.1, -0.05) is 152 Å². The van der Waals surface area contributed by atoms with Crippen LogP contribution in [0.5, 0.6) is 0 Å². The average Bonchev–Trinajstić information content (AvgIpc) is 3.72. The Morgan fingerprint density at radius 3 is 1.27 bits per heavy atom. The summed E-state index contributed by atoms with van der Waals surface area (Å²) in [5.41, 5.74) is 12.4. The highest BCUT2D eigenvalue weighted by Gasteiger charge is 2.22. The lowest BCUT2D eigenvalue weighted by Gasteiger charge is -2.14. The molecule has 0 aliphatic rings. The molecule has 0 aliphatic carbocycles. The van der Waals surface area contributed by atoms with Gasteiger partial charge in [0.2, 0.25) is 0 Å². The van der Waals surface area contributed by atoms with Crippen LogP contribution in [0.3, 0.4) is 0 Å². The second-order valence-corrected chi connectivity index (χ2v) is 13.4. The van der Waals surface area contributed by atoms with E-state index in [9.17, 15) is 0 Å². The molecule has 0 bridgehead atoms. The third kappa shape index (κ3) is 4.12. The zero-order chi connectivity index (χ0) is 33.5. The van der Waals surface area contributed by atoms with Crippen molar-refractivity contribution in [2.24, 2.45) is 0 Å². The lowest BCUT2D eigenvalue weighted by Crippen LogP contribution is -1.92. The number of fused-ring (bicyclic) bond motifs is 8. The Morgan fingerprint density at radius 1 is 0.353 bits per heavy atom. The van der Waals surface area contributed by atoms with Crippen molar-refractivity contribution < 1.29 is 0 Å². The molecule has 3 nitrogen and oxygen atoms in total. The number of para-hydroxylation sites is 1. The maximum absolute atomic E-state index is 5.22. The van der Waals surface area contributed by atoms with Gasteiger partial charge in [0.05, 0.1) is 40.3 Å². The van der Waals surface area contributed by atoms with Crippen LogP contribution < -0.4 is 0 Å². The summed E-state index contributed by atoms with van der Waals surface area (Å²) in [7, 11) is 0. The van der Waals surface area contributed by atoms with Gasteiger partial charge in [0.15, 0.2) is 0 Å². The first-order chi connectivity index (χ1) is 25.3. The Kier molecular flexibility index (Phi) is 5.96. The molecular formula is C48H29N3. The molecule has 0 saturated carbocycles. The van der Waals surface area contributed by atoms with E-state index in [1.54, 1.807) is 0 Å². The van der Waals surface area contributed by atoms with Crippen LogP contribution in [-0.4, -0.2) is 14.4 Å². The lowest BCUT2D eigenvalue weighted by molar-refractivity contribution is 1.28. The second-order valence-electron chi connectivity index (χ2n) is 13.4. The number of rotatable bonds is 4. The monoisotopic (exact) mass is 647 g/mol. The fraction of sp³-hybridized carbons (Fsp3) is 0. The maximum atomic E-state index is 5.22. The van der Waals surface area contributed by atoms with Crippen LogP contribution in [0.25, 0.3) is 104 Å². The van der Waals surface area contributed by atoms with E-state index in [1.807, 2.05) is 0 Å². The first kappa shape index (κ1) is 28.0. The third-order valence-electron chi connectivity index (χ3n) is 10.6. The van der Waals surface area contributed by atoms with Crippen LogP contribution in [0.15, 0.2) is 176 Å². The van der Waals surface area contributed by atoms with Crippen molar-refractivity contribution in [3.63, 3.8) is 0 Å². The molecule has 0 saturated heterocycles. The van der Waals surface area contributed by atoms with Crippen LogP contribution in [-0.2, 0) is 0 Å². The van der Waals surface area contributed by atoms with Gasteiger partial charge in [-0.05, 0) is 55.9 Å². The maximum Gasteiger partial charge on any atom is 0.0726 e. The highest BCUT2D eigenvalue weighted by molar-refractivity contribution is 6.24. The molecule has 0 aliphatic heterocycles. The molecule has 0 unspecified atom stereocenters. The van der Waals surface area contributed by atoms with Gasteiger partial charge >= 0.3 is 0 Å². The summed E-state index contributed by atoms with van der Waals surface area (Å²) in [6, 6.07) is 58.7. The minimum Gasteiger partial charge on any atom is -0.305 e. The van der Waals surface area contributed by atoms with Crippen LogP contribution in [0, 0.1) is 0 Å². The zero-order valence-electron chi connectivity index (χ0n) is 27.6. The average molecular weight is 648 g/mol. The van der Waals surface area contributed by atoms with Crippen molar-refractivity contribution in [2.45, 2.75) is 0 Å². The van der Waals surface area contributed by atoms with Gasteiger partial charge in [-0.25, -0.2) is 0 Å². The molecule has 11 aromatic rings. The minimum absolute atomic E-state index is 0.973. The normalized spacial score (nSPS) is 11.9. The number of benzene rings is 7. The van der Waals surface area contributed by atoms with Gasteiger partial charge in [0, 0.05) is 32.7 Å². The molecular weight excluding hydrogens is 619 g/mol. The molecule has 11 rings (SSSR count). The molecule has 0 fully saturated rings. The number of aromatic nitrogens is 3. The fourth-order valence-corrected chi connectivity index (χ4v) is 8.36. The second kappa shape index (κ2) is 10.8. The van der Waals surface area contributed by atoms with Gasteiger partial charge in [-0.15, -0.1) is 0 Å². The lowest BCUT2D eigenvalue weighted by atomic mass is 9.91. The quantitative estimate of drug-likeness (QED) is 0.190. The van der Waals surface area contributed by atoms with Crippen LogP contribution in [0.4, 0.5) is 0 Å². The van der Waals surface area contributed by atoms with Crippen molar-refractivity contribution >= 4 is 59.6 Å². The van der Waals surface area contributed by atoms with E-state index in [0.29, 0.717) is 0 Å². The number of hydrogen-bond donors (Lipinski definition) is 0. The Balaban J connectivity index is 1.16. The van der Waals surface area contributed by atoms with Crippen LogP contribution in [0.1, 0.15) is 0 Å². The van der Waals surface area contributed by atoms with Crippen LogP contribution in [0.2, 0.25) is 0 Å². The van der Waals surface area contributed by atoms with Crippen molar-refractivity contribution in [3.05, 3.63) is 176 Å². The van der Waals surface area contributed by atoms with Crippen molar-refractivity contribution in [2.75, 3.05) is 0 Å². The molecule has 0 atom stereocenters. The molecule has 0 amide bonds. The van der Waals surface area contributed by atoms with E-state index in [1.165, 1.54) is 70.9 Å². The summed E-state index contributed by atoms with van der Waals surface area (Å²) >= 11 is 0.